The minimum Gasteiger partial charge on any atom is -0.506 e. The number of hydrogen-bond donors (Lipinski definition) is 1. The third-order valence-corrected chi connectivity index (χ3v) is 7.89. The maximum absolute atomic E-state index is 13.8. The Morgan fingerprint density at radius 3 is 2.66 bits per heavy atom. The van der Waals surface area contributed by atoms with Gasteiger partial charge in [0.05, 0.1) is 21.3 Å². The average molecular weight is 523 g/mol. The number of aromatic hydroxyl groups is 1. The number of aromatic nitrogens is 1. The lowest BCUT2D eigenvalue weighted by Crippen LogP contribution is -2.38. The van der Waals surface area contributed by atoms with Crippen molar-refractivity contribution in [3.05, 3.63) is 124 Å². The van der Waals surface area contributed by atoms with Crippen LogP contribution in [0.1, 0.15) is 34.7 Å². The number of fused-ring (bicyclic) bond motifs is 3. The molecule has 35 heavy (non-hydrogen) atoms. The number of nitrogens with zero attached hydrogens (tertiary/aromatic N) is 2. The number of benzene rings is 3. The lowest BCUT2D eigenvalue weighted by Gasteiger charge is -2.30. The van der Waals surface area contributed by atoms with E-state index < -0.39 is 6.04 Å². The Morgan fingerprint density at radius 1 is 1.09 bits per heavy atom. The normalized spacial score (nSPS) is 17.0. The zero-order valence-corrected chi connectivity index (χ0v) is 20.5. The number of halogens is 3. The van der Waals surface area contributed by atoms with Crippen molar-refractivity contribution in [1.82, 2.24) is 4.57 Å². The number of hydrogen-bond acceptors (Lipinski definition) is 4. The van der Waals surface area contributed by atoms with Crippen molar-refractivity contribution in [3.63, 3.8) is 0 Å². The van der Waals surface area contributed by atoms with Crippen molar-refractivity contribution in [1.29, 1.82) is 0 Å². The highest BCUT2D eigenvalue weighted by Gasteiger charge is 2.32. The summed E-state index contributed by atoms with van der Waals surface area (Å²) in [5.74, 6) is -0.483. The summed E-state index contributed by atoms with van der Waals surface area (Å²) in [6.45, 7) is 0. The number of allylic oxidation sites excluding steroid dienone is 1. The molecule has 1 aliphatic heterocycles. The molecule has 0 saturated heterocycles. The molecule has 174 valence electrons. The molecule has 0 unspecified atom stereocenters. The van der Waals surface area contributed by atoms with Gasteiger partial charge in [-0.2, -0.15) is 0 Å². The quantitative estimate of drug-likeness (QED) is 0.379. The third kappa shape index (κ3) is 3.73. The van der Waals surface area contributed by atoms with Crippen LogP contribution in [0, 0.1) is 5.82 Å². The highest BCUT2D eigenvalue weighted by molar-refractivity contribution is 7.07. The monoisotopic (exact) mass is 522 g/mol. The second kappa shape index (κ2) is 8.48. The lowest BCUT2D eigenvalue weighted by atomic mass is 9.83. The molecule has 1 atom stereocenters. The molecule has 4 aromatic rings. The van der Waals surface area contributed by atoms with E-state index in [0.717, 1.165) is 35.2 Å². The summed E-state index contributed by atoms with van der Waals surface area (Å²) in [6.07, 6.45) is 3.16. The molecule has 2 aliphatic rings. The maximum atomic E-state index is 13.8. The Bertz CT molecular complexity index is 1720. The lowest BCUT2D eigenvalue weighted by molar-refractivity contribution is 0.474. The Balaban J connectivity index is 1.64. The summed E-state index contributed by atoms with van der Waals surface area (Å²) in [6, 6.07) is 17.0. The van der Waals surface area contributed by atoms with Crippen LogP contribution in [0.15, 0.2) is 76.0 Å². The molecular formula is C27H17Cl2FN2O2S. The van der Waals surface area contributed by atoms with Crippen LogP contribution in [0.5, 0.6) is 5.75 Å². The molecule has 0 radical (unpaired) electrons. The van der Waals surface area contributed by atoms with Gasteiger partial charge >= 0.3 is 0 Å². The van der Waals surface area contributed by atoms with Crippen LogP contribution in [-0.2, 0) is 6.42 Å². The first kappa shape index (κ1) is 22.3. The van der Waals surface area contributed by atoms with Gasteiger partial charge in [0, 0.05) is 16.1 Å². The Morgan fingerprint density at radius 2 is 1.86 bits per heavy atom. The molecule has 0 bridgehead atoms. The Labute approximate surface area is 213 Å². The SMILES string of the molecule is O=c1/c(=C\c2cc(Cl)cc(Cl)c2O)sc2n1[C@@H](c1ccc(F)cc1)C1=C(N=2)c2ccccc2CC1. The van der Waals surface area contributed by atoms with Gasteiger partial charge in [-0.15, -0.1) is 0 Å². The van der Waals surface area contributed by atoms with E-state index in [1.54, 1.807) is 28.8 Å². The summed E-state index contributed by atoms with van der Waals surface area (Å²) in [7, 11) is 0. The topological polar surface area (TPSA) is 54.6 Å². The highest BCUT2D eigenvalue weighted by atomic mass is 35.5. The fourth-order valence-electron chi connectivity index (χ4n) is 4.80. The number of phenolic OH excluding ortho intramolecular Hbond substituents is 1. The third-order valence-electron chi connectivity index (χ3n) is 6.40. The molecule has 0 saturated carbocycles. The van der Waals surface area contributed by atoms with Crippen LogP contribution < -0.4 is 14.9 Å². The van der Waals surface area contributed by atoms with E-state index in [2.05, 4.69) is 12.1 Å². The second-order valence-corrected chi connectivity index (χ2v) is 10.3. The molecule has 1 aromatic heterocycles. The molecular weight excluding hydrogens is 506 g/mol. The average Bonchev–Trinajstić information content (AvgIpc) is 3.16. The van der Waals surface area contributed by atoms with Crippen LogP contribution in [0.3, 0.4) is 0 Å². The number of thiazole rings is 1. The molecule has 6 rings (SSSR count). The number of rotatable bonds is 2. The van der Waals surface area contributed by atoms with Crippen molar-refractivity contribution >= 4 is 46.3 Å². The molecule has 2 heterocycles. The van der Waals surface area contributed by atoms with Crippen molar-refractivity contribution in [2.24, 2.45) is 4.99 Å². The molecule has 8 heteroatoms. The molecule has 4 nitrogen and oxygen atoms in total. The molecule has 1 N–H and O–H groups in total. The van der Waals surface area contributed by atoms with E-state index in [-0.39, 0.29) is 22.1 Å². The van der Waals surface area contributed by atoms with Gasteiger partial charge in [-0.05, 0) is 59.9 Å². The summed E-state index contributed by atoms with van der Waals surface area (Å²) in [5.41, 5.74) is 5.08. The first-order chi connectivity index (χ1) is 16.9. The molecule has 0 spiro atoms. The fourth-order valence-corrected chi connectivity index (χ4v) is 6.31. The van der Waals surface area contributed by atoms with Crippen molar-refractivity contribution in [3.8, 4) is 5.75 Å². The first-order valence-corrected chi connectivity index (χ1v) is 12.5. The fraction of sp³-hybridized carbons (Fsp3) is 0.111. The van der Waals surface area contributed by atoms with E-state index in [1.165, 1.54) is 35.1 Å². The summed E-state index contributed by atoms with van der Waals surface area (Å²) >= 11 is 13.4. The molecule has 3 aromatic carbocycles. The van der Waals surface area contributed by atoms with Gasteiger partial charge in [0.1, 0.15) is 11.6 Å². The van der Waals surface area contributed by atoms with Gasteiger partial charge in [0.25, 0.3) is 5.56 Å². The zero-order valence-electron chi connectivity index (χ0n) is 18.1. The predicted molar refractivity (Wildman–Crippen MR) is 137 cm³/mol. The van der Waals surface area contributed by atoms with Crippen LogP contribution in [0.25, 0.3) is 11.8 Å². The smallest absolute Gasteiger partial charge is 0.271 e. The van der Waals surface area contributed by atoms with Gasteiger partial charge in [0.2, 0.25) is 0 Å². The van der Waals surface area contributed by atoms with E-state index in [0.29, 0.717) is 19.9 Å². The number of phenols is 1. The summed E-state index contributed by atoms with van der Waals surface area (Å²) in [5, 5.41) is 10.9. The summed E-state index contributed by atoms with van der Waals surface area (Å²) < 4.78 is 15.8. The maximum Gasteiger partial charge on any atom is 0.271 e. The van der Waals surface area contributed by atoms with E-state index >= 15 is 0 Å². The standard InChI is InChI=1S/C27H17Cl2FN2O2S/c28-17-11-16(25(33)21(29)13-17)12-22-26(34)32-24(15-5-8-18(30)9-6-15)20-10-7-14-3-1-2-4-19(14)23(20)31-27(32)35-22/h1-6,8-9,11-13,24,33H,7,10H2/b22-12+/t24-/m0/s1. The minimum atomic E-state index is -0.408. The van der Waals surface area contributed by atoms with Crippen LogP contribution in [0.4, 0.5) is 4.39 Å². The second-order valence-electron chi connectivity index (χ2n) is 8.49. The van der Waals surface area contributed by atoms with Gasteiger partial charge in [-0.25, -0.2) is 9.38 Å². The van der Waals surface area contributed by atoms with Crippen molar-refractivity contribution in [2.45, 2.75) is 18.9 Å². The highest BCUT2D eigenvalue weighted by Crippen LogP contribution is 2.41. The van der Waals surface area contributed by atoms with Gasteiger partial charge in [0.15, 0.2) is 4.80 Å². The Hall–Kier alpha value is -3.19. The number of aryl methyl sites for hydroxylation is 1. The van der Waals surface area contributed by atoms with Crippen LogP contribution in [-0.4, -0.2) is 9.67 Å². The van der Waals surface area contributed by atoms with Crippen LogP contribution >= 0.6 is 34.5 Å². The van der Waals surface area contributed by atoms with Gasteiger partial charge in [-0.1, -0.05) is 70.9 Å². The molecule has 0 amide bonds. The van der Waals surface area contributed by atoms with E-state index in [1.807, 2.05) is 12.1 Å². The van der Waals surface area contributed by atoms with Crippen molar-refractivity contribution in [2.75, 3.05) is 0 Å². The van der Waals surface area contributed by atoms with Crippen molar-refractivity contribution < 1.29 is 9.50 Å². The summed E-state index contributed by atoms with van der Waals surface area (Å²) in [4.78, 5) is 19.2. The Kier molecular flexibility index (Phi) is 5.40. The van der Waals surface area contributed by atoms with Crippen LogP contribution in [0.2, 0.25) is 10.0 Å². The van der Waals surface area contributed by atoms with Gasteiger partial charge in [-0.3, -0.25) is 9.36 Å². The van der Waals surface area contributed by atoms with E-state index in [4.69, 9.17) is 28.2 Å². The first-order valence-electron chi connectivity index (χ1n) is 11.0. The zero-order chi connectivity index (χ0) is 24.3. The molecule has 1 aliphatic carbocycles. The van der Waals surface area contributed by atoms with E-state index in [9.17, 15) is 14.3 Å². The van der Waals surface area contributed by atoms with Gasteiger partial charge < -0.3 is 5.11 Å². The minimum absolute atomic E-state index is 0.104. The largest absolute Gasteiger partial charge is 0.506 e. The molecule has 0 fully saturated rings. The predicted octanol–water partition coefficient (Wildman–Crippen LogP) is 5.47.